The number of fused-ring (bicyclic) bond motifs is 1. The lowest BCUT2D eigenvalue weighted by Crippen LogP contribution is -2.30. The highest BCUT2D eigenvalue weighted by Gasteiger charge is 2.17. The van der Waals surface area contributed by atoms with Crippen molar-refractivity contribution in [2.45, 2.75) is 65.3 Å². The lowest BCUT2D eigenvalue weighted by Gasteiger charge is -2.15. The van der Waals surface area contributed by atoms with Gasteiger partial charge in [0.1, 0.15) is 0 Å². The molecular formula is C18H27N5O. The second-order valence-electron chi connectivity index (χ2n) is 6.86. The minimum atomic E-state index is 0.0796. The molecule has 3 rings (SSSR count). The van der Waals surface area contributed by atoms with E-state index in [0.29, 0.717) is 19.4 Å². The first kappa shape index (κ1) is 16.7. The van der Waals surface area contributed by atoms with Crippen molar-refractivity contribution in [2.75, 3.05) is 6.54 Å². The number of hydrogen-bond acceptors (Lipinski definition) is 3. The topological polar surface area (TPSA) is 75.6 Å². The number of aromatic amines is 1. The maximum atomic E-state index is 12.2. The van der Waals surface area contributed by atoms with Crippen LogP contribution >= 0.6 is 0 Å². The summed E-state index contributed by atoms with van der Waals surface area (Å²) in [5, 5.41) is 15.0. The molecular weight excluding hydrogens is 302 g/mol. The molecule has 130 valence electrons. The Morgan fingerprint density at radius 3 is 2.92 bits per heavy atom. The molecule has 6 nitrogen and oxygen atoms in total. The number of nitrogens with zero attached hydrogens (tertiary/aromatic N) is 3. The van der Waals surface area contributed by atoms with E-state index in [2.05, 4.69) is 33.6 Å². The number of carbonyl (C=O) groups excluding carboxylic acids is 1. The number of carbonyl (C=O) groups is 1. The lowest BCUT2D eigenvalue weighted by molar-refractivity contribution is -0.121. The molecule has 2 heterocycles. The van der Waals surface area contributed by atoms with Crippen LogP contribution in [0.5, 0.6) is 0 Å². The summed E-state index contributed by atoms with van der Waals surface area (Å²) in [5.41, 5.74) is 5.83. The maximum absolute atomic E-state index is 12.2. The Balaban J connectivity index is 1.48. The van der Waals surface area contributed by atoms with E-state index >= 15 is 0 Å². The fraction of sp³-hybridized carbons (Fsp3) is 0.611. The van der Waals surface area contributed by atoms with E-state index in [-0.39, 0.29) is 11.9 Å². The van der Waals surface area contributed by atoms with Crippen molar-refractivity contribution in [1.29, 1.82) is 0 Å². The van der Waals surface area contributed by atoms with E-state index in [9.17, 15) is 4.79 Å². The molecule has 0 aromatic carbocycles. The number of aromatic nitrogens is 4. The second kappa shape index (κ2) is 7.20. The Kier molecular flexibility index (Phi) is 5.02. The van der Waals surface area contributed by atoms with E-state index < -0.39 is 0 Å². The Morgan fingerprint density at radius 2 is 2.17 bits per heavy atom. The molecule has 2 N–H and O–H groups in total. The fourth-order valence-corrected chi connectivity index (χ4v) is 3.52. The molecule has 1 aliphatic carbocycles. The van der Waals surface area contributed by atoms with Crippen LogP contribution in [0, 0.1) is 13.8 Å². The molecule has 0 saturated heterocycles. The van der Waals surface area contributed by atoms with E-state index in [0.717, 1.165) is 29.9 Å². The number of nitrogens with one attached hydrogen (secondary N) is 2. The number of H-pyrrole nitrogens is 1. The Hall–Kier alpha value is -2.11. The van der Waals surface area contributed by atoms with Gasteiger partial charge in [-0.1, -0.05) is 0 Å². The monoisotopic (exact) mass is 329 g/mol. The average molecular weight is 329 g/mol. The SMILES string of the molecule is Cc1cc(C)n(C(C)CNC(=O)CCc2n[nH]c3c2CCCC3)n1. The van der Waals surface area contributed by atoms with Gasteiger partial charge in [-0.2, -0.15) is 10.2 Å². The van der Waals surface area contributed by atoms with Crippen LogP contribution < -0.4 is 5.32 Å². The smallest absolute Gasteiger partial charge is 0.220 e. The molecule has 6 heteroatoms. The van der Waals surface area contributed by atoms with Gasteiger partial charge in [0.2, 0.25) is 5.91 Å². The molecule has 0 radical (unpaired) electrons. The zero-order valence-corrected chi connectivity index (χ0v) is 14.9. The van der Waals surface area contributed by atoms with E-state index in [1.54, 1.807) is 0 Å². The number of hydrogen-bond donors (Lipinski definition) is 2. The quantitative estimate of drug-likeness (QED) is 0.854. The maximum Gasteiger partial charge on any atom is 0.220 e. The third-order valence-corrected chi connectivity index (χ3v) is 4.79. The summed E-state index contributed by atoms with van der Waals surface area (Å²) in [7, 11) is 0. The molecule has 0 saturated carbocycles. The van der Waals surface area contributed by atoms with Crippen molar-refractivity contribution in [3.63, 3.8) is 0 Å². The normalized spacial score (nSPS) is 15.1. The molecule has 1 aliphatic rings. The highest BCUT2D eigenvalue weighted by Crippen LogP contribution is 2.22. The lowest BCUT2D eigenvalue weighted by atomic mass is 9.94. The first-order valence-electron chi connectivity index (χ1n) is 8.89. The van der Waals surface area contributed by atoms with Gasteiger partial charge in [-0.25, -0.2) is 0 Å². The third kappa shape index (κ3) is 3.68. The van der Waals surface area contributed by atoms with Gasteiger partial charge in [0, 0.05) is 30.8 Å². The van der Waals surface area contributed by atoms with E-state index in [4.69, 9.17) is 0 Å². The Morgan fingerprint density at radius 1 is 1.38 bits per heavy atom. The molecule has 24 heavy (non-hydrogen) atoms. The minimum absolute atomic E-state index is 0.0796. The predicted molar refractivity (Wildman–Crippen MR) is 93.0 cm³/mol. The van der Waals surface area contributed by atoms with Gasteiger partial charge in [0.25, 0.3) is 0 Å². The van der Waals surface area contributed by atoms with Gasteiger partial charge in [-0.3, -0.25) is 14.6 Å². The largest absolute Gasteiger partial charge is 0.354 e. The molecule has 2 aromatic heterocycles. The van der Waals surface area contributed by atoms with Crippen LogP contribution in [-0.2, 0) is 24.1 Å². The van der Waals surface area contributed by atoms with Crippen LogP contribution in [0.4, 0.5) is 0 Å². The van der Waals surface area contributed by atoms with E-state index in [1.165, 1.54) is 24.1 Å². The first-order chi connectivity index (χ1) is 11.5. The van der Waals surface area contributed by atoms with E-state index in [1.807, 2.05) is 18.5 Å². The number of rotatable bonds is 6. The summed E-state index contributed by atoms with van der Waals surface area (Å²) in [6, 6.07) is 2.21. The van der Waals surface area contributed by atoms with Crippen LogP contribution in [0.3, 0.4) is 0 Å². The van der Waals surface area contributed by atoms with Crippen LogP contribution in [0.25, 0.3) is 0 Å². The summed E-state index contributed by atoms with van der Waals surface area (Å²) < 4.78 is 1.97. The summed E-state index contributed by atoms with van der Waals surface area (Å²) in [6.07, 6.45) is 5.85. The third-order valence-electron chi connectivity index (χ3n) is 4.79. The number of aryl methyl sites for hydroxylation is 4. The van der Waals surface area contributed by atoms with Gasteiger partial charge in [-0.05, 0) is 58.1 Å². The summed E-state index contributed by atoms with van der Waals surface area (Å²) >= 11 is 0. The van der Waals surface area contributed by atoms with Crippen molar-refractivity contribution in [3.8, 4) is 0 Å². The standard InChI is InChI=1S/C18H27N5O/c1-12-10-13(2)23(22-12)14(3)11-19-18(24)9-8-17-15-6-4-5-7-16(15)20-21-17/h10,14H,4-9,11H2,1-3H3,(H,19,24)(H,20,21). The van der Waals surface area contributed by atoms with Gasteiger partial charge >= 0.3 is 0 Å². The highest BCUT2D eigenvalue weighted by molar-refractivity contribution is 5.76. The van der Waals surface area contributed by atoms with Gasteiger partial charge in [0.05, 0.1) is 17.4 Å². The summed E-state index contributed by atoms with van der Waals surface area (Å²) in [5.74, 6) is 0.0796. The minimum Gasteiger partial charge on any atom is -0.354 e. The van der Waals surface area contributed by atoms with Crippen LogP contribution in [0.2, 0.25) is 0 Å². The summed E-state index contributed by atoms with van der Waals surface area (Å²) in [6.45, 7) is 6.70. The van der Waals surface area contributed by atoms with Crippen molar-refractivity contribution in [1.82, 2.24) is 25.3 Å². The average Bonchev–Trinajstić information content (AvgIpc) is 3.13. The first-order valence-corrected chi connectivity index (χ1v) is 8.89. The van der Waals surface area contributed by atoms with Gasteiger partial charge < -0.3 is 5.32 Å². The van der Waals surface area contributed by atoms with Crippen LogP contribution in [0.1, 0.15) is 60.6 Å². The van der Waals surface area contributed by atoms with Crippen LogP contribution in [0.15, 0.2) is 6.07 Å². The molecule has 1 unspecified atom stereocenters. The molecule has 0 spiro atoms. The zero-order valence-electron chi connectivity index (χ0n) is 14.9. The molecule has 1 atom stereocenters. The molecule has 0 bridgehead atoms. The summed E-state index contributed by atoms with van der Waals surface area (Å²) in [4.78, 5) is 12.2. The Labute approximate surface area is 143 Å². The van der Waals surface area contributed by atoms with Crippen LogP contribution in [-0.4, -0.2) is 32.4 Å². The molecule has 1 amide bonds. The molecule has 2 aromatic rings. The van der Waals surface area contributed by atoms with Crippen molar-refractivity contribution < 1.29 is 4.79 Å². The van der Waals surface area contributed by atoms with Gasteiger partial charge in [0.15, 0.2) is 0 Å². The Bertz CT molecular complexity index is 715. The predicted octanol–water partition coefficient (Wildman–Crippen LogP) is 2.41. The van der Waals surface area contributed by atoms with Gasteiger partial charge in [-0.15, -0.1) is 0 Å². The molecule has 0 fully saturated rings. The van der Waals surface area contributed by atoms with Crippen molar-refractivity contribution >= 4 is 5.91 Å². The second-order valence-corrected chi connectivity index (χ2v) is 6.86. The number of amides is 1. The fourth-order valence-electron chi connectivity index (χ4n) is 3.52. The highest BCUT2D eigenvalue weighted by atomic mass is 16.1. The van der Waals surface area contributed by atoms with Crippen molar-refractivity contribution in [3.05, 3.63) is 34.4 Å². The zero-order chi connectivity index (χ0) is 17.1. The molecule has 0 aliphatic heterocycles. The van der Waals surface area contributed by atoms with Crippen molar-refractivity contribution in [2.24, 2.45) is 0 Å².